The second kappa shape index (κ2) is 86.9. The Morgan fingerprint density at radius 2 is 0.191 bits per heavy atom. The number of hydrogen-bond acceptors (Lipinski definition) is 0. The first kappa shape index (κ1) is 155. The largest absolute Gasteiger partial charge is 0.109 e. The molecule has 0 spiro atoms. The fourth-order valence-electron chi connectivity index (χ4n) is 6.68. The van der Waals surface area contributed by atoms with Crippen LogP contribution in [0, 0.1) is 0 Å². The van der Waals surface area contributed by atoms with Crippen molar-refractivity contribution in [3.63, 3.8) is 0 Å². The summed E-state index contributed by atoms with van der Waals surface area (Å²) >= 11 is 0. The van der Waals surface area contributed by atoms with Crippen molar-refractivity contribution in [2.45, 2.75) is 0 Å². The third-order valence-corrected chi connectivity index (χ3v) is 787. The van der Waals surface area contributed by atoms with Gasteiger partial charge >= 0.3 is 0 Å². The van der Waals surface area contributed by atoms with Gasteiger partial charge in [-0.3, -0.25) is 0 Å². The van der Waals surface area contributed by atoms with Crippen molar-refractivity contribution in [2.75, 3.05) is 0 Å². The fourth-order valence-corrected chi connectivity index (χ4v) is 1620. The van der Waals surface area contributed by atoms with Gasteiger partial charge < -0.3 is 0 Å². The Hall–Kier alpha value is 47.3. The molecule has 0 bridgehead atoms. The third kappa shape index (κ3) is 55.9. The average Bonchev–Trinajstić information content (AvgIpc) is 0.713. The Morgan fingerprint density at radius 3 is 0.282 bits per heavy atom. The number of hydrogen-bond donors (Lipinski definition) is 0. The maximum atomic E-state index is 15.1. The molecule has 110 heavy (non-hydrogen) atoms. The molecule has 0 nitrogen and oxygen atoms in total. The molecule has 0 amide bonds. The number of rotatable bonds is 54. The van der Waals surface area contributed by atoms with E-state index in [0.29, 0.717) is 0 Å². The highest BCUT2D eigenvalue weighted by molar-refractivity contribution is 9.58. The molecule has 0 N–H and O–H groups in total. The van der Waals surface area contributed by atoms with E-state index in [1.165, 1.54) is 0 Å². The van der Waals surface area contributed by atoms with Crippen LogP contribution in [-0.2, 0) is 0 Å². The topological polar surface area (TPSA) is 0 Å². The second-order valence-corrected chi connectivity index (χ2v) is 472. The van der Waals surface area contributed by atoms with Gasteiger partial charge in [-0.2, -0.15) is 0 Å². The second-order valence-electron chi connectivity index (χ2n) is 17.5. The molecule has 0 aromatic heterocycles. The summed E-state index contributed by atoms with van der Waals surface area (Å²) in [6.07, 6.45) is 0. The SMILES string of the molecule is [2H]P(P(P(P(P(P)P)P(P)P)P(P(P)P)P(P)P)P(P(P(PP)P(P)P)P(P(P)P)P(P)P)P(P(P(P)P)P(P)P)P(P(P)P)P(P)P)P(P(P(P(P(P)P)P(P)P)P(P(P)P)P(P)P)P(P(P(P)P)P(P)P)P(P(P)P)P(P)P)P(P(P(P(P)P)P(P)P)P(P(P)P)P(P)P)P(P(P(P)P)P(P)P)P(P(P)P)P(P)P. The molecule has 0 rings (SSSR count). The molecule has 662 valence electrons. The van der Waals surface area contributed by atoms with Crippen LogP contribution in [0.15, 0.2) is 0 Å². The minimum atomic E-state index is -1.40. The zero-order valence-corrected chi connectivity index (χ0v) is 169. The van der Waals surface area contributed by atoms with Crippen LogP contribution in [0.25, 0.3) is 0 Å². The molecule has 0 heterocycles. The van der Waals surface area contributed by atoms with E-state index >= 15 is 1.28 Å². The summed E-state index contributed by atoms with van der Waals surface area (Å²) in [5.41, 5.74) is 0. The van der Waals surface area contributed by atoms with Crippen molar-refractivity contribution in [1.29, 1.82) is 1.28 Å². The molecule has 0 saturated carbocycles. The smallest absolute Gasteiger partial charge is 0.0690 e. The van der Waals surface area contributed by atoms with Crippen LogP contribution in [0.1, 0.15) is 0 Å². The van der Waals surface area contributed by atoms with Gasteiger partial charge in [-0.25, -0.2) is 0 Å². The normalized spacial score (nSPS) is 16.2. The molecular weight excluding hydrogens is 3410 g/mol. The first-order valence-corrected chi connectivity index (χ1v) is 225. The lowest BCUT2D eigenvalue weighted by Gasteiger charge is -2.61. The highest BCUT2D eigenvalue weighted by Gasteiger charge is 2.65. The zero-order chi connectivity index (χ0) is 87.9. The van der Waals surface area contributed by atoms with E-state index in [1.54, 1.807) is 0 Å². The highest BCUT2D eigenvalue weighted by atomic mass is 33.6. The van der Waals surface area contributed by atoms with Gasteiger partial charge in [-0.1, -0.05) is 7.96 Å². The van der Waals surface area contributed by atoms with Gasteiger partial charge in [0.2, 0.25) is 0 Å². The van der Waals surface area contributed by atoms with Crippen molar-refractivity contribution in [3.05, 3.63) is 0 Å². The van der Waals surface area contributed by atoms with Gasteiger partial charge in [-0.05, 0) is 378 Å². The summed E-state index contributed by atoms with van der Waals surface area (Å²) in [6.45, 7) is -29.2. The Morgan fingerprint density at radius 1 is 0.109 bits per heavy atom. The Bertz CT molecular complexity index is 1950. The standard InChI is InChI=1S/H112P110/c1-56-85(58(2)3)101(88(59(4)5)60(6)7)103(106(91(65(16)17)66(18)19)92(67(20)21)68(22)23)86(102(89(61(8)9)62(10)11)90(63(12)13)64(14)15)57-87(104(107(93(69(24)25)70(26)27)94(71(28)29)72(30)31)108(95(73(32)33)74(34)35)96(75(36)37)76(38)39)105(109(97(77(40)41)78(42)43)98(79(44)45)80(46)47)110(99(81(48)49)82(50)51)100(83(52)53)84(54)55/h56-57H,1-55H2/i57D. The molecule has 61 atom stereocenters. The lowest BCUT2D eigenvalue weighted by atomic mass is 28.4. The lowest BCUT2D eigenvalue weighted by Crippen LogP contribution is -1.74. The lowest BCUT2D eigenvalue weighted by molar-refractivity contribution is 4.32. The van der Waals surface area contributed by atoms with E-state index in [-0.39, 0.29) is 0 Å². The predicted molar refractivity (Wildman–Crippen MR) is 917 cm³/mol. The van der Waals surface area contributed by atoms with Gasteiger partial charge in [0, 0.05) is 0 Å². The summed E-state index contributed by atoms with van der Waals surface area (Å²) < 4.78 is 15.1. The zero-order valence-electron chi connectivity index (χ0n) is 57.4. The quantitative estimate of drug-likeness (QED) is 0.0533. The van der Waals surface area contributed by atoms with Crippen LogP contribution in [0.5, 0.6) is 0 Å². The molecule has 0 aliphatic rings. The van der Waals surface area contributed by atoms with Crippen LogP contribution < -0.4 is 0 Å². The van der Waals surface area contributed by atoms with Crippen LogP contribution in [0.3, 0.4) is 0 Å². The van der Waals surface area contributed by atoms with E-state index in [2.05, 4.69) is 491 Å². The van der Waals surface area contributed by atoms with Crippen molar-refractivity contribution >= 4 is 877 Å². The Labute approximate surface area is 864 Å². The van der Waals surface area contributed by atoms with E-state index in [1.807, 2.05) is 0 Å². The predicted octanol–water partition coefficient (Wildman–Crippen LogP) is 64.7. The van der Waals surface area contributed by atoms with E-state index in [4.69, 9.17) is 0 Å². The first-order valence-electron chi connectivity index (χ1n) is 25.5. The first-order chi connectivity index (χ1) is 50.5. The minimum absolute atomic E-state index is 0.431. The van der Waals surface area contributed by atoms with Gasteiger partial charge in [0.05, 0.1) is 1.28 Å². The molecular formula is H112P110. The molecule has 110 heteroatoms. The molecule has 0 fully saturated rings. The van der Waals surface area contributed by atoms with Crippen LogP contribution in [0.2, 0.25) is 0 Å². The van der Waals surface area contributed by atoms with Crippen molar-refractivity contribution in [2.24, 2.45) is 0 Å². The van der Waals surface area contributed by atoms with Crippen molar-refractivity contribution < 1.29 is 0 Å². The molecule has 0 aliphatic heterocycles. The summed E-state index contributed by atoms with van der Waals surface area (Å²) in [7, 11) is 207. The average molecular weight is 3520 g/mol. The third-order valence-electron chi connectivity index (χ3n) is 9.71. The molecule has 0 radical (unpaired) electrons. The summed E-state index contributed by atoms with van der Waals surface area (Å²) in [6, 6.07) is 0. The summed E-state index contributed by atoms with van der Waals surface area (Å²) in [5, 5.41) is 0. The van der Waals surface area contributed by atoms with Gasteiger partial charge in [0.1, 0.15) is 0 Å². The molecule has 0 aromatic rings. The maximum absolute atomic E-state index is 15.1. The van der Waals surface area contributed by atoms with Gasteiger partial charge in [0.15, 0.2) is 0 Å². The van der Waals surface area contributed by atoms with Gasteiger partial charge in [-0.15, -0.1) is 491 Å². The molecule has 61 unspecified atom stereocenters. The van der Waals surface area contributed by atoms with E-state index in [0.717, 1.165) is 7.96 Å². The highest BCUT2D eigenvalue weighted by Crippen LogP contribution is 3.53. The maximum Gasteiger partial charge on any atom is 0.0690 e. The van der Waals surface area contributed by atoms with Crippen LogP contribution in [0.4, 0.5) is 0 Å². The Balaban J connectivity index is 15.0. The van der Waals surface area contributed by atoms with E-state index < -0.39 is 378 Å². The van der Waals surface area contributed by atoms with Crippen molar-refractivity contribution in [1.82, 2.24) is 0 Å². The fraction of sp³-hybridized carbons (Fsp3) is 0. The summed E-state index contributed by atoms with van der Waals surface area (Å²) in [5.74, 6) is 0. The monoisotopic (exact) mass is 3520 g/mol. The molecule has 0 saturated heterocycles. The van der Waals surface area contributed by atoms with Gasteiger partial charge in [0.25, 0.3) is 0 Å². The molecule has 0 aliphatic carbocycles. The van der Waals surface area contributed by atoms with E-state index in [9.17, 15) is 0 Å². The van der Waals surface area contributed by atoms with Crippen LogP contribution >= 0.6 is 877 Å². The Kier molecular flexibility index (Phi) is 123. The summed E-state index contributed by atoms with van der Waals surface area (Å²) in [4.78, 5) is 0. The van der Waals surface area contributed by atoms with Crippen LogP contribution in [-0.4, -0.2) is 1.28 Å². The van der Waals surface area contributed by atoms with Crippen molar-refractivity contribution in [3.8, 4) is 0 Å². The molecule has 0 aromatic carbocycles. The minimum Gasteiger partial charge on any atom is -0.109 e.